The molecule has 4 rings (SSSR count). The number of para-hydroxylation sites is 1. The molecule has 3 N–H and O–H groups in total. The van der Waals surface area contributed by atoms with Crippen molar-refractivity contribution in [2.75, 3.05) is 23.8 Å². The van der Waals surface area contributed by atoms with E-state index < -0.39 is 11.9 Å². The zero-order valence-electron chi connectivity index (χ0n) is 22.0. The lowest BCUT2D eigenvalue weighted by Gasteiger charge is -2.21. The molecular weight excluding hydrogens is 553 g/mol. The van der Waals surface area contributed by atoms with Crippen molar-refractivity contribution in [3.05, 3.63) is 93.6 Å². The van der Waals surface area contributed by atoms with Gasteiger partial charge in [0, 0.05) is 40.0 Å². The van der Waals surface area contributed by atoms with E-state index >= 15 is 0 Å². The smallest absolute Gasteiger partial charge is 0.319 e. The fourth-order valence-corrected chi connectivity index (χ4v) is 4.53. The third-order valence-corrected chi connectivity index (χ3v) is 6.96. The van der Waals surface area contributed by atoms with Gasteiger partial charge in [-0.3, -0.25) is 4.79 Å². The van der Waals surface area contributed by atoms with Crippen LogP contribution in [0.3, 0.4) is 0 Å². The minimum Gasteiger partial charge on any atom is -0.487 e. The normalized spacial score (nSPS) is 11.3. The van der Waals surface area contributed by atoms with Crippen molar-refractivity contribution in [2.45, 2.75) is 20.5 Å². The van der Waals surface area contributed by atoms with Crippen molar-refractivity contribution < 1.29 is 19.5 Å². The van der Waals surface area contributed by atoms with Gasteiger partial charge in [-0.1, -0.05) is 58.7 Å². The van der Waals surface area contributed by atoms with Gasteiger partial charge < -0.3 is 25.5 Å². The second-order valence-corrected chi connectivity index (χ2v) is 9.74. The van der Waals surface area contributed by atoms with Gasteiger partial charge >= 0.3 is 6.03 Å². The van der Waals surface area contributed by atoms with E-state index in [1.54, 1.807) is 50.4 Å². The van der Waals surface area contributed by atoms with E-state index in [9.17, 15) is 9.59 Å². The van der Waals surface area contributed by atoms with Gasteiger partial charge in [0.2, 0.25) is 5.91 Å². The highest BCUT2D eigenvalue weighted by Crippen LogP contribution is 2.35. The first kappa shape index (κ1) is 28.7. The first-order chi connectivity index (χ1) is 19.2. The van der Waals surface area contributed by atoms with E-state index in [0.29, 0.717) is 39.0 Å². The second-order valence-electron chi connectivity index (χ2n) is 8.95. The Morgan fingerprint density at radius 2 is 1.85 bits per heavy atom. The topological polar surface area (TPSA) is 116 Å². The Bertz CT molecular complexity index is 1610. The highest BCUT2D eigenvalue weighted by Gasteiger charge is 2.19. The minimum absolute atomic E-state index is 0.0580. The molecule has 3 aromatic carbocycles. The molecule has 0 spiro atoms. The summed E-state index contributed by atoms with van der Waals surface area (Å²) in [4.78, 5) is 31.2. The molecule has 206 valence electrons. The number of fused-ring (bicyclic) bond motifs is 1. The number of oxime groups is 1. The van der Waals surface area contributed by atoms with Crippen molar-refractivity contribution in [3.63, 3.8) is 0 Å². The summed E-state index contributed by atoms with van der Waals surface area (Å²) in [6, 6.07) is 19.0. The number of nitrogens with one attached hydrogen (secondary N) is 2. The number of amides is 3. The van der Waals surface area contributed by atoms with Gasteiger partial charge in [0.15, 0.2) is 0 Å². The number of ether oxygens (including phenoxy) is 1. The summed E-state index contributed by atoms with van der Waals surface area (Å²) in [6.45, 7) is 3.31. The van der Waals surface area contributed by atoms with Crippen molar-refractivity contribution in [1.82, 2.24) is 10.3 Å². The number of urea groups is 1. The summed E-state index contributed by atoms with van der Waals surface area (Å²) in [7, 11) is 1.56. The van der Waals surface area contributed by atoms with Gasteiger partial charge in [-0.25, -0.2) is 9.78 Å². The van der Waals surface area contributed by atoms with Gasteiger partial charge in [0.1, 0.15) is 17.9 Å². The van der Waals surface area contributed by atoms with Crippen molar-refractivity contribution in [1.29, 1.82) is 0 Å². The van der Waals surface area contributed by atoms with E-state index in [4.69, 9.17) is 33.1 Å². The van der Waals surface area contributed by atoms with Crippen LogP contribution in [0, 0.1) is 6.92 Å². The number of benzene rings is 3. The highest BCUT2D eigenvalue weighted by molar-refractivity contribution is 6.38. The average Bonchev–Trinajstić information content (AvgIpc) is 2.95. The molecular formula is C29H27Cl2N5O4. The number of anilines is 2. The lowest BCUT2D eigenvalue weighted by molar-refractivity contribution is -0.117. The third-order valence-electron chi connectivity index (χ3n) is 6.18. The molecule has 0 saturated carbocycles. The fourth-order valence-electron chi connectivity index (χ4n) is 3.92. The molecule has 0 bridgehead atoms. The highest BCUT2D eigenvalue weighted by atomic mass is 35.5. The average molecular weight is 580 g/mol. The molecule has 0 aliphatic rings. The number of carbonyl (C=O) groups is 2. The summed E-state index contributed by atoms with van der Waals surface area (Å²) >= 11 is 13.1. The summed E-state index contributed by atoms with van der Waals surface area (Å²) in [5.74, 6) is 0.180. The van der Waals surface area contributed by atoms with E-state index in [1.807, 2.05) is 37.3 Å². The number of aromatic nitrogens is 1. The molecule has 1 aromatic heterocycles. The lowest BCUT2D eigenvalue weighted by atomic mass is 10.1. The zero-order chi connectivity index (χ0) is 28.8. The van der Waals surface area contributed by atoms with Crippen LogP contribution in [-0.2, 0) is 11.4 Å². The Morgan fingerprint density at radius 1 is 1.07 bits per heavy atom. The number of pyridine rings is 1. The molecule has 0 fully saturated rings. The maximum absolute atomic E-state index is 12.9. The number of rotatable bonds is 8. The number of aryl methyl sites for hydroxylation is 1. The van der Waals surface area contributed by atoms with Crippen LogP contribution < -0.4 is 20.3 Å². The van der Waals surface area contributed by atoms with Gasteiger partial charge in [-0.15, -0.1) is 0 Å². The van der Waals surface area contributed by atoms with E-state index in [1.165, 1.54) is 4.90 Å². The van der Waals surface area contributed by atoms with E-state index in [0.717, 1.165) is 16.6 Å². The molecule has 0 radical (unpaired) electrons. The molecule has 11 heteroatoms. The third kappa shape index (κ3) is 6.62. The van der Waals surface area contributed by atoms with Crippen LogP contribution in [0.25, 0.3) is 10.9 Å². The maximum atomic E-state index is 12.9. The molecule has 3 amide bonds. The molecule has 0 atom stereocenters. The quantitative estimate of drug-likeness (QED) is 0.127. The molecule has 40 heavy (non-hydrogen) atoms. The van der Waals surface area contributed by atoms with Gasteiger partial charge in [0.05, 0.1) is 23.0 Å². The van der Waals surface area contributed by atoms with Crippen molar-refractivity contribution in [3.8, 4) is 5.75 Å². The molecule has 0 unspecified atom stereocenters. The number of carbonyl (C=O) groups excluding carboxylic acids is 2. The van der Waals surface area contributed by atoms with Gasteiger partial charge in [0.25, 0.3) is 0 Å². The summed E-state index contributed by atoms with van der Waals surface area (Å²) in [5, 5.41) is 18.9. The number of likely N-dealkylation sites (N-methyl/N-ethyl adjacent to an activating group) is 1. The predicted molar refractivity (Wildman–Crippen MR) is 158 cm³/mol. The Kier molecular flexibility index (Phi) is 9.08. The maximum Gasteiger partial charge on any atom is 0.319 e. The predicted octanol–water partition coefficient (Wildman–Crippen LogP) is 6.41. The molecule has 0 aliphatic carbocycles. The summed E-state index contributed by atoms with van der Waals surface area (Å²) in [6.07, 6.45) is 0. The van der Waals surface area contributed by atoms with Crippen LogP contribution in [0.4, 0.5) is 16.2 Å². The zero-order valence-corrected chi connectivity index (χ0v) is 23.5. The Balaban J connectivity index is 1.42. The minimum atomic E-state index is -0.576. The number of halogens is 2. The Labute approximate surface area is 241 Å². The van der Waals surface area contributed by atoms with Crippen LogP contribution in [0.2, 0.25) is 10.0 Å². The molecule has 9 nitrogen and oxygen atoms in total. The molecule has 4 aromatic rings. The summed E-state index contributed by atoms with van der Waals surface area (Å²) < 4.78 is 6.06. The van der Waals surface area contributed by atoms with E-state index in [2.05, 4.69) is 20.8 Å². The Morgan fingerprint density at radius 3 is 2.62 bits per heavy atom. The van der Waals surface area contributed by atoms with Crippen LogP contribution in [0.5, 0.6) is 5.75 Å². The molecule has 0 aliphatic heterocycles. The first-order valence-corrected chi connectivity index (χ1v) is 13.0. The molecule has 0 saturated heterocycles. The van der Waals surface area contributed by atoms with Gasteiger partial charge in [-0.2, -0.15) is 0 Å². The SMILES string of the molecule is C/C(=N\O)c1cccc(NC(=O)NCC(=O)N(C)c2ccc(Cl)c(COc3cccc4ccc(C)nc34)c2Cl)c1. The van der Waals surface area contributed by atoms with E-state index in [-0.39, 0.29) is 18.2 Å². The number of nitrogens with zero attached hydrogens (tertiary/aromatic N) is 3. The van der Waals surface area contributed by atoms with Gasteiger partial charge in [-0.05, 0) is 50.2 Å². The lowest BCUT2D eigenvalue weighted by Crippen LogP contribution is -2.40. The monoisotopic (exact) mass is 579 g/mol. The standard InChI is InChI=1S/C29H27Cl2N5O4/c1-17-10-11-19-6-5-9-25(28(19)33-17)40-16-22-23(30)12-13-24(27(22)31)36(3)26(37)15-32-29(38)34-21-8-4-7-20(14-21)18(2)35-39/h4-14,39H,15-16H2,1-3H3,(H2,32,34,38)/b35-18+. The van der Waals surface area contributed by atoms with Crippen LogP contribution in [0.15, 0.2) is 71.9 Å². The second kappa shape index (κ2) is 12.7. The van der Waals surface area contributed by atoms with Crippen LogP contribution >= 0.6 is 23.2 Å². The summed E-state index contributed by atoms with van der Waals surface area (Å²) in [5.41, 5.74) is 4.03. The first-order valence-electron chi connectivity index (χ1n) is 12.2. The van der Waals surface area contributed by atoms with Crippen molar-refractivity contribution in [2.24, 2.45) is 5.16 Å². The van der Waals surface area contributed by atoms with Crippen molar-refractivity contribution >= 4 is 63.1 Å². The number of hydrogen-bond acceptors (Lipinski definition) is 6. The number of hydrogen-bond donors (Lipinski definition) is 3. The Hall–Kier alpha value is -4.34. The molecule has 1 heterocycles. The largest absolute Gasteiger partial charge is 0.487 e. The van der Waals surface area contributed by atoms with Crippen LogP contribution in [-0.4, -0.2) is 41.4 Å². The van der Waals surface area contributed by atoms with Crippen LogP contribution in [0.1, 0.15) is 23.7 Å². The fraction of sp³-hybridized carbons (Fsp3) is 0.172.